The summed E-state index contributed by atoms with van der Waals surface area (Å²) in [6.45, 7) is 4.43. The van der Waals surface area contributed by atoms with Gasteiger partial charge in [-0.2, -0.15) is 0 Å². The summed E-state index contributed by atoms with van der Waals surface area (Å²) in [6.07, 6.45) is 0. The number of hydrogen-bond donors (Lipinski definition) is 0. The van der Waals surface area contributed by atoms with Crippen molar-refractivity contribution in [1.82, 2.24) is 0 Å². The first-order valence-electron chi connectivity index (χ1n) is 4.65. The summed E-state index contributed by atoms with van der Waals surface area (Å²) in [5, 5.41) is 0. The predicted molar refractivity (Wildman–Crippen MR) is 65.1 cm³/mol. The van der Waals surface area contributed by atoms with E-state index in [1.807, 2.05) is 0 Å². The normalized spacial score (nSPS) is 11.8. The van der Waals surface area contributed by atoms with Crippen LogP contribution in [0.2, 0.25) is 14.8 Å². The van der Waals surface area contributed by atoms with Crippen molar-refractivity contribution in [3.63, 3.8) is 0 Å². The van der Waals surface area contributed by atoms with Gasteiger partial charge in [0.05, 0.1) is 0 Å². The van der Waals surface area contributed by atoms with Gasteiger partial charge in [0.1, 0.15) is 0 Å². The molecule has 1 rings (SSSR count). The molecule has 0 saturated carbocycles. The molecular formula is C11H18SSn. The Kier molecular flexibility index (Phi) is 3.75. The van der Waals surface area contributed by atoms with Crippen molar-refractivity contribution in [3.05, 3.63) is 29.3 Å². The monoisotopic (exact) mass is 302 g/mol. The van der Waals surface area contributed by atoms with Gasteiger partial charge in [-0.1, -0.05) is 0 Å². The second-order valence-electron chi connectivity index (χ2n) is 4.44. The molecule has 0 atom stereocenters. The Morgan fingerprint density at radius 2 is 1.46 bits per heavy atom. The van der Waals surface area contributed by atoms with Crippen LogP contribution in [-0.4, -0.2) is 17.0 Å². The Labute approximate surface area is 88.4 Å². The average molecular weight is 301 g/mol. The Hall–Kier alpha value is 0.369. The summed E-state index contributed by atoms with van der Waals surface area (Å²) in [6, 6.07) is 6.58. The van der Waals surface area contributed by atoms with Crippen LogP contribution in [0.1, 0.15) is 11.1 Å². The van der Waals surface area contributed by atoms with E-state index < -0.39 is 17.0 Å². The summed E-state index contributed by atoms with van der Waals surface area (Å²) in [5.74, 6) is 0. The van der Waals surface area contributed by atoms with Crippen LogP contribution in [0.5, 0.6) is 0 Å². The SMILES string of the molecule is Cc1cccc(C)c1[S][Sn]([CH3])([CH3])[CH3]. The Morgan fingerprint density at radius 1 is 1.00 bits per heavy atom. The molecule has 2 heteroatoms. The van der Waals surface area contributed by atoms with Gasteiger partial charge in [0, 0.05) is 0 Å². The van der Waals surface area contributed by atoms with Gasteiger partial charge in [0.25, 0.3) is 0 Å². The van der Waals surface area contributed by atoms with Crippen molar-refractivity contribution < 1.29 is 0 Å². The van der Waals surface area contributed by atoms with Gasteiger partial charge in [0.15, 0.2) is 0 Å². The zero-order valence-electron chi connectivity index (χ0n) is 9.14. The molecular weight excluding hydrogens is 283 g/mol. The average Bonchev–Trinajstić information content (AvgIpc) is 1.95. The summed E-state index contributed by atoms with van der Waals surface area (Å²) in [5.41, 5.74) is 2.88. The first kappa shape index (κ1) is 11.4. The maximum absolute atomic E-state index is 2.46. The molecule has 0 aliphatic heterocycles. The fraction of sp³-hybridized carbons (Fsp3) is 0.455. The van der Waals surface area contributed by atoms with Crippen molar-refractivity contribution in [3.8, 4) is 0 Å². The third-order valence-corrected chi connectivity index (χ3v) is 10.3. The van der Waals surface area contributed by atoms with E-state index in [0.29, 0.717) is 0 Å². The van der Waals surface area contributed by atoms with Gasteiger partial charge < -0.3 is 0 Å². The summed E-state index contributed by atoms with van der Waals surface area (Å²) in [7, 11) is 2.16. The molecule has 0 aliphatic rings. The first-order valence-corrected chi connectivity index (χ1v) is 17.5. The Balaban J connectivity index is 3.00. The quantitative estimate of drug-likeness (QED) is 0.737. The number of aryl methyl sites for hydroxylation is 2. The number of hydrogen-bond acceptors (Lipinski definition) is 1. The molecule has 0 radical (unpaired) electrons. The molecule has 1 aromatic rings. The van der Waals surface area contributed by atoms with E-state index in [2.05, 4.69) is 55.8 Å². The van der Waals surface area contributed by atoms with Crippen molar-refractivity contribution >= 4 is 25.9 Å². The first-order chi connectivity index (χ1) is 5.90. The van der Waals surface area contributed by atoms with Crippen LogP contribution >= 0.6 is 8.95 Å². The van der Waals surface area contributed by atoms with Crippen LogP contribution in [0.15, 0.2) is 23.1 Å². The fourth-order valence-electron chi connectivity index (χ4n) is 1.27. The van der Waals surface area contributed by atoms with Gasteiger partial charge in [-0.15, -0.1) is 0 Å². The van der Waals surface area contributed by atoms with Gasteiger partial charge in [-0.3, -0.25) is 0 Å². The second kappa shape index (κ2) is 4.26. The molecule has 0 nitrogen and oxygen atoms in total. The minimum atomic E-state index is -1.73. The van der Waals surface area contributed by atoms with Crippen molar-refractivity contribution in [2.24, 2.45) is 0 Å². The molecule has 0 amide bonds. The van der Waals surface area contributed by atoms with Crippen LogP contribution in [0, 0.1) is 13.8 Å². The van der Waals surface area contributed by atoms with Crippen LogP contribution < -0.4 is 0 Å². The van der Waals surface area contributed by atoms with E-state index in [4.69, 9.17) is 0 Å². The molecule has 1 aromatic carbocycles. The molecule has 0 N–H and O–H groups in total. The van der Waals surface area contributed by atoms with Gasteiger partial charge in [0.2, 0.25) is 0 Å². The molecule has 0 saturated heterocycles. The molecule has 0 unspecified atom stereocenters. The van der Waals surface area contributed by atoms with Gasteiger partial charge >= 0.3 is 88.8 Å². The summed E-state index contributed by atoms with van der Waals surface area (Å²) < 4.78 is 0. The van der Waals surface area contributed by atoms with Crippen molar-refractivity contribution in [2.45, 2.75) is 33.6 Å². The van der Waals surface area contributed by atoms with Crippen LogP contribution in [-0.2, 0) is 0 Å². The summed E-state index contributed by atoms with van der Waals surface area (Å²) >= 11 is -1.73. The third kappa shape index (κ3) is 3.54. The Bertz CT molecular complexity index is 279. The van der Waals surface area contributed by atoms with Crippen LogP contribution in [0.3, 0.4) is 0 Å². The van der Waals surface area contributed by atoms with Crippen LogP contribution in [0.25, 0.3) is 0 Å². The maximum atomic E-state index is 2.46. The van der Waals surface area contributed by atoms with E-state index in [1.54, 1.807) is 0 Å². The fourth-order valence-corrected chi connectivity index (χ4v) is 10.3. The van der Waals surface area contributed by atoms with E-state index in [-0.39, 0.29) is 0 Å². The molecule has 0 aromatic heterocycles. The van der Waals surface area contributed by atoms with E-state index in [0.717, 1.165) is 0 Å². The molecule has 0 aliphatic carbocycles. The minimum absolute atomic E-state index is 1.44. The zero-order valence-corrected chi connectivity index (χ0v) is 12.8. The molecule has 0 fully saturated rings. The van der Waals surface area contributed by atoms with Gasteiger partial charge in [-0.05, 0) is 0 Å². The molecule has 72 valence electrons. The predicted octanol–water partition coefficient (Wildman–Crippen LogP) is 4.23. The number of benzene rings is 1. The zero-order chi connectivity index (χ0) is 10.1. The standard InChI is InChI=1S/C8H10S.3CH3.Sn/c1-6-4-3-5-7(2)8(6)9;;;;/h3-5,9H,1-2H3;3*1H3;/q;;;;+1/p-1. The van der Waals surface area contributed by atoms with E-state index in [9.17, 15) is 0 Å². The van der Waals surface area contributed by atoms with Gasteiger partial charge in [-0.25, -0.2) is 0 Å². The van der Waals surface area contributed by atoms with Crippen molar-refractivity contribution in [2.75, 3.05) is 0 Å². The van der Waals surface area contributed by atoms with Crippen molar-refractivity contribution in [1.29, 1.82) is 0 Å². The molecule has 13 heavy (non-hydrogen) atoms. The van der Waals surface area contributed by atoms with E-state index >= 15 is 0 Å². The topological polar surface area (TPSA) is 0 Å². The molecule has 0 bridgehead atoms. The second-order valence-corrected chi connectivity index (χ2v) is 27.1. The van der Waals surface area contributed by atoms with Crippen LogP contribution in [0.4, 0.5) is 0 Å². The summed E-state index contributed by atoms with van der Waals surface area (Å²) in [4.78, 5) is 8.92. The molecule has 0 spiro atoms. The molecule has 0 heterocycles. The third-order valence-electron chi connectivity index (χ3n) is 1.82. The van der Waals surface area contributed by atoms with E-state index in [1.165, 1.54) is 16.0 Å². The number of rotatable bonds is 2. The Morgan fingerprint density at radius 3 is 1.85 bits per heavy atom.